The van der Waals surface area contributed by atoms with Crippen LogP contribution in [0.15, 0.2) is 28.9 Å². The van der Waals surface area contributed by atoms with Crippen molar-refractivity contribution in [3.8, 4) is 0 Å². The van der Waals surface area contributed by atoms with E-state index in [1.807, 2.05) is 6.07 Å². The van der Waals surface area contributed by atoms with E-state index in [2.05, 4.69) is 0 Å². The SMILES string of the molecule is COCc1coc2c(C(=O)O)cccc12. The zero-order valence-corrected chi connectivity index (χ0v) is 8.19. The molecule has 0 aliphatic heterocycles. The average Bonchev–Trinajstić information content (AvgIpc) is 2.62. The first-order chi connectivity index (χ1) is 7.24. The Balaban J connectivity index is 2.63. The maximum Gasteiger partial charge on any atom is 0.339 e. The van der Waals surface area contributed by atoms with Crippen LogP contribution in [0.2, 0.25) is 0 Å². The molecular formula is C11H10O4. The predicted octanol–water partition coefficient (Wildman–Crippen LogP) is 2.28. The van der Waals surface area contributed by atoms with Gasteiger partial charge in [0.1, 0.15) is 11.1 Å². The summed E-state index contributed by atoms with van der Waals surface area (Å²) in [4.78, 5) is 10.9. The van der Waals surface area contributed by atoms with Crippen LogP contribution in [0.25, 0.3) is 11.0 Å². The Kier molecular flexibility index (Phi) is 2.43. The Morgan fingerprint density at radius 3 is 3.00 bits per heavy atom. The molecule has 78 valence electrons. The number of hydrogen-bond donors (Lipinski definition) is 1. The van der Waals surface area contributed by atoms with Gasteiger partial charge in [-0.05, 0) is 6.07 Å². The van der Waals surface area contributed by atoms with Gasteiger partial charge in [-0.3, -0.25) is 0 Å². The van der Waals surface area contributed by atoms with Crippen molar-refractivity contribution in [3.63, 3.8) is 0 Å². The van der Waals surface area contributed by atoms with Gasteiger partial charge < -0.3 is 14.3 Å². The van der Waals surface area contributed by atoms with E-state index in [4.69, 9.17) is 14.3 Å². The van der Waals surface area contributed by atoms with Crippen LogP contribution in [-0.2, 0) is 11.3 Å². The summed E-state index contributed by atoms with van der Waals surface area (Å²) in [5.74, 6) is -0.987. The molecule has 0 unspecified atom stereocenters. The predicted molar refractivity (Wildman–Crippen MR) is 53.9 cm³/mol. The maximum absolute atomic E-state index is 10.9. The van der Waals surface area contributed by atoms with Crippen LogP contribution >= 0.6 is 0 Å². The first-order valence-corrected chi connectivity index (χ1v) is 4.45. The highest BCUT2D eigenvalue weighted by Crippen LogP contribution is 2.24. The number of fused-ring (bicyclic) bond motifs is 1. The van der Waals surface area contributed by atoms with E-state index in [1.165, 1.54) is 12.3 Å². The number of methoxy groups -OCH3 is 1. The smallest absolute Gasteiger partial charge is 0.339 e. The summed E-state index contributed by atoms with van der Waals surface area (Å²) < 4.78 is 10.2. The minimum atomic E-state index is -0.987. The Morgan fingerprint density at radius 1 is 1.53 bits per heavy atom. The van der Waals surface area contributed by atoms with Crippen LogP contribution in [-0.4, -0.2) is 18.2 Å². The van der Waals surface area contributed by atoms with Crippen molar-refractivity contribution in [3.05, 3.63) is 35.6 Å². The molecule has 0 atom stereocenters. The molecule has 4 heteroatoms. The highest BCUT2D eigenvalue weighted by Gasteiger charge is 2.13. The van der Waals surface area contributed by atoms with Crippen LogP contribution < -0.4 is 0 Å². The molecule has 0 amide bonds. The highest BCUT2D eigenvalue weighted by molar-refractivity contribution is 6.01. The number of ether oxygens (including phenoxy) is 1. The molecule has 2 aromatic rings. The zero-order valence-electron chi connectivity index (χ0n) is 8.19. The van der Waals surface area contributed by atoms with Crippen LogP contribution in [0.1, 0.15) is 15.9 Å². The number of aromatic carboxylic acids is 1. The van der Waals surface area contributed by atoms with Crippen LogP contribution in [0.4, 0.5) is 0 Å². The standard InChI is InChI=1S/C11H10O4/c1-14-5-7-6-15-10-8(7)3-2-4-9(10)11(12)13/h2-4,6H,5H2,1H3,(H,12,13). The molecule has 0 aliphatic rings. The lowest BCUT2D eigenvalue weighted by Gasteiger charge is -1.97. The molecule has 1 aromatic carbocycles. The van der Waals surface area contributed by atoms with Crippen molar-refractivity contribution in [2.45, 2.75) is 6.61 Å². The fourth-order valence-electron chi connectivity index (χ4n) is 1.55. The molecule has 2 rings (SSSR count). The second-order valence-electron chi connectivity index (χ2n) is 3.18. The summed E-state index contributed by atoms with van der Waals surface area (Å²) >= 11 is 0. The molecule has 0 spiro atoms. The lowest BCUT2D eigenvalue weighted by Crippen LogP contribution is -1.96. The van der Waals surface area contributed by atoms with Gasteiger partial charge in [-0.1, -0.05) is 12.1 Å². The minimum Gasteiger partial charge on any atom is -0.478 e. The number of carboxylic acids is 1. The lowest BCUT2D eigenvalue weighted by atomic mass is 10.1. The molecule has 15 heavy (non-hydrogen) atoms. The van der Waals surface area contributed by atoms with Gasteiger partial charge in [0.05, 0.1) is 12.9 Å². The number of hydrogen-bond acceptors (Lipinski definition) is 3. The maximum atomic E-state index is 10.9. The van der Waals surface area contributed by atoms with Crippen molar-refractivity contribution in [1.82, 2.24) is 0 Å². The quantitative estimate of drug-likeness (QED) is 0.836. The molecule has 1 aromatic heterocycles. The monoisotopic (exact) mass is 206 g/mol. The van der Waals surface area contributed by atoms with E-state index < -0.39 is 5.97 Å². The van der Waals surface area contributed by atoms with Gasteiger partial charge in [0.2, 0.25) is 0 Å². The topological polar surface area (TPSA) is 59.7 Å². The Hall–Kier alpha value is -1.81. The molecule has 4 nitrogen and oxygen atoms in total. The van der Waals surface area contributed by atoms with Crippen LogP contribution in [0.3, 0.4) is 0 Å². The molecule has 0 aliphatic carbocycles. The second kappa shape index (κ2) is 3.74. The highest BCUT2D eigenvalue weighted by atomic mass is 16.5. The van der Waals surface area contributed by atoms with E-state index in [0.717, 1.165) is 10.9 Å². The zero-order chi connectivity index (χ0) is 10.8. The van der Waals surface area contributed by atoms with E-state index >= 15 is 0 Å². The van der Waals surface area contributed by atoms with Gasteiger partial charge in [-0.2, -0.15) is 0 Å². The van der Waals surface area contributed by atoms with E-state index in [1.54, 1.807) is 13.2 Å². The summed E-state index contributed by atoms with van der Waals surface area (Å²) in [5.41, 5.74) is 1.43. The van der Waals surface area contributed by atoms with Crippen molar-refractivity contribution < 1.29 is 19.1 Å². The number of rotatable bonds is 3. The Labute approximate surface area is 86.1 Å². The van der Waals surface area contributed by atoms with Gasteiger partial charge >= 0.3 is 5.97 Å². The largest absolute Gasteiger partial charge is 0.478 e. The summed E-state index contributed by atoms with van der Waals surface area (Å²) in [6.07, 6.45) is 1.53. The molecule has 0 bridgehead atoms. The number of carboxylic acid groups (broad SMARTS) is 1. The van der Waals surface area contributed by atoms with Gasteiger partial charge in [0.25, 0.3) is 0 Å². The first-order valence-electron chi connectivity index (χ1n) is 4.45. The van der Waals surface area contributed by atoms with Crippen molar-refractivity contribution >= 4 is 16.9 Å². The number of para-hydroxylation sites is 1. The van der Waals surface area contributed by atoms with Gasteiger partial charge in [0.15, 0.2) is 0 Å². The van der Waals surface area contributed by atoms with E-state index in [-0.39, 0.29) is 5.56 Å². The average molecular weight is 206 g/mol. The molecule has 0 saturated heterocycles. The van der Waals surface area contributed by atoms with E-state index in [9.17, 15) is 4.79 Å². The normalized spacial score (nSPS) is 10.7. The van der Waals surface area contributed by atoms with Gasteiger partial charge in [0, 0.05) is 18.1 Å². The summed E-state index contributed by atoms with van der Waals surface area (Å²) in [7, 11) is 1.58. The molecule has 1 N–H and O–H groups in total. The summed E-state index contributed by atoms with van der Waals surface area (Å²) in [6, 6.07) is 5.03. The minimum absolute atomic E-state index is 0.176. The fourth-order valence-corrected chi connectivity index (χ4v) is 1.55. The number of benzene rings is 1. The fraction of sp³-hybridized carbons (Fsp3) is 0.182. The van der Waals surface area contributed by atoms with Crippen LogP contribution in [0.5, 0.6) is 0 Å². The third-order valence-corrected chi connectivity index (χ3v) is 2.21. The lowest BCUT2D eigenvalue weighted by molar-refractivity contribution is 0.0698. The molecule has 0 fully saturated rings. The summed E-state index contributed by atoms with van der Waals surface area (Å²) in [5, 5.41) is 9.72. The third-order valence-electron chi connectivity index (χ3n) is 2.21. The number of carbonyl (C=O) groups is 1. The molecule has 0 radical (unpaired) electrons. The van der Waals surface area contributed by atoms with Crippen molar-refractivity contribution in [1.29, 1.82) is 0 Å². The molecular weight excluding hydrogens is 196 g/mol. The van der Waals surface area contributed by atoms with Gasteiger partial charge in [-0.25, -0.2) is 4.79 Å². The van der Waals surface area contributed by atoms with Gasteiger partial charge in [-0.15, -0.1) is 0 Å². The van der Waals surface area contributed by atoms with E-state index in [0.29, 0.717) is 12.2 Å². The van der Waals surface area contributed by atoms with Crippen LogP contribution in [0, 0.1) is 0 Å². The second-order valence-corrected chi connectivity index (χ2v) is 3.18. The third kappa shape index (κ3) is 1.59. The first kappa shape index (κ1) is 9.73. The number of furan rings is 1. The molecule has 1 heterocycles. The summed E-state index contributed by atoms with van der Waals surface area (Å²) in [6.45, 7) is 0.413. The molecule has 0 saturated carbocycles. The van der Waals surface area contributed by atoms with Crippen molar-refractivity contribution in [2.24, 2.45) is 0 Å². The Bertz CT molecular complexity index is 498. The Morgan fingerprint density at radius 2 is 2.33 bits per heavy atom. The van der Waals surface area contributed by atoms with Crippen molar-refractivity contribution in [2.75, 3.05) is 7.11 Å².